The van der Waals surface area contributed by atoms with E-state index in [9.17, 15) is 19.2 Å². The summed E-state index contributed by atoms with van der Waals surface area (Å²) in [4.78, 5) is 60.3. The smallest absolute Gasteiger partial charge is 0.418 e. The maximum Gasteiger partial charge on any atom is 0.418 e. The monoisotopic (exact) mass is 638 g/mol. The zero-order valence-electron chi connectivity index (χ0n) is 26.6. The van der Waals surface area contributed by atoms with Crippen molar-refractivity contribution in [2.75, 3.05) is 12.4 Å². The van der Waals surface area contributed by atoms with Crippen molar-refractivity contribution in [2.24, 2.45) is 0 Å². The standard InChI is InChI=1S/C34H43ClN4O6/c1-5-6-7-8-9-10-11-12-13-16-21-38-29(36-25-20-19-23(35)22-24(25)31(38)41)28(39-32(42)34(2,3)45-33(39)43)30(40)37-26-17-14-15-18-27(26)44-4/h14-15,17-20,22,28H,5-13,16,21H2,1-4H3,(H,37,40). The average Bonchev–Trinajstić information content (AvgIpc) is 3.21. The lowest BCUT2D eigenvalue weighted by atomic mass is 10.1. The second kappa shape index (κ2) is 15.4. The van der Waals surface area contributed by atoms with Gasteiger partial charge in [-0.05, 0) is 50.6 Å². The maximum absolute atomic E-state index is 14.1. The van der Waals surface area contributed by atoms with E-state index in [0.717, 1.165) is 24.2 Å². The Morgan fingerprint density at radius 2 is 1.62 bits per heavy atom. The van der Waals surface area contributed by atoms with Gasteiger partial charge in [-0.15, -0.1) is 0 Å². The number of aromatic nitrogens is 2. The number of unbranched alkanes of at least 4 members (excludes halogenated alkanes) is 9. The van der Waals surface area contributed by atoms with Crippen LogP contribution in [0.4, 0.5) is 10.5 Å². The van der Waals surface area contributed by atoms with E-state index in [-0.39, 0.29) is 23.3 Å². The number of ether oxygens (including phenoxy) is 2. The number of amides is 3. The van der Waals surface area contributed by atoms with Gasteiger partial charge in [0.2, 0.25) is 0 Å². The minimum atomic E-state index is -1.60. The minimum Gasteiger partial charge on any atom is -0.495 e. The molecule has 1 unspecified atom stereocenters. The van der Waals surface area contributed by atoms with Crippen LogP contribution in [0.3, 0.4) is 0 Å². The summed E-state index contributed by atoms with van der Waals surface area (Å²) in [5, 5.41) is 3.42. The second-order valence-corrected chi connectivity index (χ2v) is 12.4. The van der Waals surface area contributed by atoms with Gasteiger partial charge in [-0.1, -0.05) is 88.4 Å². The van der Waals surface area contributed by atoms with Crippen LogP contribution in [0.15, 0.2) is 47.3 Å². The number of nitrogens with zero attached hydrogens (tertiary/aromatic N) is 3. The summed E-state index contributed by atoms with van der Waals surface area (Å²) in [7, 11) is 1.46. The highest BCUT2D eigenvalue weighted by atomic mass is 35.5. The molecule has 1 saturated heterocycles. The van der Waals surface area contributed by atoms with Crippen LogP contribution in [-0.2, 0) is 20.9 Å². The van der Waals surface area contributed by atoms with Gasteiger partial charge >= 0.3 is 6.09 Å². The van der Waals surface area contributed by atoms with Crippen molar-refractivity contribution < 1.29 is 23.9 Å². The molecule has 11 heteroatoms. The van der Waals surface area contributed by atoms with Crippen molar-refractivity contribution in [3.8, 4) is 5.75 Å². The van der Waals surface area contributed by atoms with E-state index >= 15 is 0 Å². The minimum absolute atomic E-state index is 0.0406. The summed E-state index contributed by atoms with van der Waals surface area (Å²) in [6, 6.07) is 9.86. The number of fused-ring (bicyclic) bond motifs is 1. The number of rotatable bonds is 16. The molecule has 242 valence electrons. The van der Waals surface area contributed by atoms with Gasteiger partial charge in [-0.3, -0.25) is 19.0 Å². The molecule has 0 radical (unpaired) electrons. The molecule has 1 atom stereocenters. The van der Waals surface area contributed by atoms with Crippen LogP contribution in [0, 0.1) is 0 Å². The van der Waals surface area contributed by atoms with Crippen LogP contribution in [0.25, 0.3) is 10.9 Å². The summed E-state index contributed by atoms with van der Waals surface area (Å²) in [6.45, 7) is 5.35. The first kappa shape index (κ1) is 34.0. The predicted octanol–water partition coefficient (Wildman–Crippen LogP) is 7.42. The van der Waals surface area contributed by atoms with Crippen molar-refractivity contribution >= 4 is 46.1 Å². The molecule has 1 aliphatic rings. The number of imide groups is 1. The number of para-hydroxylation sites is 2. The van der Waals surface area contributed by atoms with Crippen LogP contribution in [0.2, 0.25) is 5.02 Å². The van der Waals surface area contributed by atoms with E-state index in [1.807, 2.05) is 0 Å². The summed E-state index contributed by atoms with van der Waals surface area (Å²) < 4.78 is 12.1. The number of anilines is 1. The van der Waals surface area contributed by atoms with Gasteiger partial charge in [0.1, 0.15) is 11.6 Å². The maximum atomic E-state index is 14.1. The molecule has 45 heavy (non-hydrogen) atoms. The lowest BCUT2D eigenvalue weighted by Gasteiger charge is -2.26. The van der Waals surface area contributed by atoms with Gasteiger partial charge in [-0.25, -0.2) is 14.7 Å². The number of methoxy groups -OCH3 is 1. The van der Waals surface area contributed by atoms with Crippen LogP contribution in [0.5, 0.6) is 5.75 Å². The molecule has 0 saturated carbocycles. The van der Waals surface area contributed by atoms with E-state index in [4.69, 9.17) is 26.1 Å². The number of nitrogens with one attached hydrogen (secondary N) is 1. The SMILES string of the molecule is CCCCCCCCCCCCn1c(C(C(=O)Nc2ccccc2OC)N2C(=O)OC(C)(C)C2=O)nc2ccc(Cl)cc2c1=O. The van der Waals surface area contributed by atoms with Gasteiger partial charge in [0.15, 0.2) is 11.6 Å². The summed E-state index contributed by atoms with van der Waals surface area (Å²) >= 11 is 6.24. The lowest BCUT2D eigenvalue weighted by Crippen LogP contribution is -2.46. The molecule has 4 rings (SSSR count). The van der Waals surface area contributed by atoms with Crippen molar-refractivity contribution in [1.82, 2.24) is 14.5 Å². The summed E-state index contributed by atoms with van der Waals surface area (Å²) in [5.41, 5.74) is -1.31. The molecule has 1 aliphatic heterocycles. The van der Waals surface area contributed by atoms with Crippen LogP contribution in [0.1, 0.15) is 96.8 Å². The molecule has 0 bridgehead atoms. The van der Waals surface area contributed by atoms with E-state index in [1.54, 1.807) is 36.4 Å². The molecule has 0 spiro atoms. The molecular formula is C34H43ClN4O6. The first-order valence-corrected chi connectivity index (χ1v) is 16.2. The molecule has 1 N–H and O–H groups in total. The quantitative estimate of drug-likeness (QED) is 0.162. The number of halogens is 1. The van der Waals surface area contributed by atoms with E-state index in [0.29, 0.717) is 22.9 Å². The lowest BCUT2D eigenvalue weighted by molar-refractivity contribution is -0.139. The molecule has 1 fully saturated rings. The number of cyclic esters (lactones) is 1. The fourth-order valence-corrected chi connectivity index (χ4v) is 5.77. The zero-order valence-corrected chi connectivity index (χ0v) is 27.3. The third-order valence-electron chi connectivity index (χ3n) is 8.07. The number of hydrogen-bond donors (Lipinski definition) is 1. The Hall–Kier alpha value is -3.92. The molecule has 3 amide bonds. The molecule has 0 aliphatic carbocycles. The molecule has 1 aromatic heterocycles. The van der Waals surface area contributed by atoms with Gasteiger partial charge in [0, 0.05) is 11.6 Å². The molecule has 3 aromatic rings. The third-order valence-corrected chi connectivity index (χ3v) is 8.31. The Kier molecular flexibility index (Phi) is 11.6. The van der Waals surface area contributed by atoms with Crippen LogP contribution >= 0.6 is 11.6 Å². The Morgan fingerprint density at radius 3 is 2.24 bits per heavy atom. The molecular weight excluding hydrogens is 596 g/mol. The molecule has 10 nitrogen and oxygen atoms in total. The van der Waals surface area contributed by atoms with Crippen molar-refractivity contribution in [1.29, 1.82) is 0 Å². The Labute approximate surface area is 269 Å². The van der Waals surface area contributed by atoms with E-state index in [1.165, 1.54) is 70.1 Å². The Balaban J connectivity index is 1.70. The van der Waals surface area contributed by atoms with Crippen molar-refractivity contribution in [2.45, 2.75) is 103 Å². The normalized spacial score (nSPS) is 14.9. The fraction of sp³-hybridized carbons (Fsp3) is 0.500. The van der Waals surface area contributed by atoms with Crippen molar-refractivity contribution in [3.05, 3.63) is 63.7 Å². The highest BCUT2D eigenvalue weighted by Crippen LogP contribution is 2.34. The van der Waals surface area contributed by atoms with Crippen LogP contribution in [-0.4, -0.2) is 45.1 Å². The van der Waals surface area contributed by atoms with E-state index in [2.05, 4.69) is 12.2 Å². The summed E-state index contributed by atoms with van der Waals surface area (Å²) in [5.74, 6) is -1.13. The van der Waals surface area contributed by atoms with Crippen molar-refractivity contribution in [3.63, 3.8) is 0 Å². The fourth-order valence-electron chi connectivity index (χ4n) is 5.60. The number of carbonyl (C=O) groups excluding carboxylic acids is 3. The molecule has 2 heterocycles. The highest BCUT2D eigenvalue weighted by molar-refractivity contribution is 6.31. The summed E-state index contributed by atoms with van der Waals surface area (Å²) in [6.07, 6.45) is 10.0. The second-order valence-electron chi connectivity index (χ2n) is 11.9. The average molecular weight is 639 g/mol. The number of carbonyl (C=O) groups is 3. The first-order chi connectivity index (χ1) is 21.6. The number of benzene rings is 2. The Morgan fingerprint density at radius 1 is 0.978 bits per heavy atom. The van der Waals surface area contributed by atoms with E-state index < -0.39 is 35.1 Å². The van der Waals surface area contributed by atoms with Gasteiger partial charge in [-0.2, -0.15) is 0 Å². The third kappa shape index (κ3) is 8.03. The van der Waals surface area contributed by atoms with Gasteiger partial charge in [0.05, 0.1) is 23.7 Å². The topological polar surface area (TPSA) is 120 Å². The van der Waals surface area contributed by atoms with Gasteiger partial charge in [0.25, 0.3) is 17.4 Å². The largest absolute Gasteiger partial charge is 0.495 e. The predicted molar refractivity (Wildman–Crippen MR) is 175 cm³/mol. The Bertz CT molecular complexity index is 1590. The first-order valence-electron chi connectivity index (χ1n) is 15.8. The van der Waals surface area contributed by atoms with Crippen LogP contribution < -0.4 is 15.6 Å². The molecule has 2 aromatic carbocycles. The number of hydrogen-bond acceptors (Lipinski definition) is 7. The van der Waals surface area contributed by atoms with Gasteiger partial charge < -0.3 is 14.8 Å². The highest BCUT2D eigenvalue weighted by Gasteiger charge is 2.53. The zero-order chi connectivity index (χ0) is 32.6.